The summed E-state index contributed by atoms with van der Waals surface area (Å²) in [7, 11) is 4.30. The Kier molecular flexibility index (Phi) is 9.21. The van der Waals surface area contributed by atoms with Gasteiger partial charge in [-0.1, -0.05) is 63.1 Å². The van der Waals surface area contributed by atoms with Gasteiger partial charge in [0.15, 0.2) is 0 Å². The van der Waals surface area contributed by atoms with Crippen LogP contribution in [-0.4, -0.2) is 36.3 Å². The summed E-state index contributed by atoms with van der Waals surface area (Å²) < 4.78 is 0. The van der Waals surface area contributed by atoms with Crippen molar-refractivity contribution >= 4 is 11.8 Å². The molecule has 142 valence electrons. The Morgan fingerprint density at radius 1 is 0.923 bits per heavy atom. The van der Waals surface area contributed by atoms with Gasteiger partial charge in [-0.25, -0.2) is 4.98 Å². The summed E-state index contributed by atoms with van der Waals surface area (Å²) in [4.78, 5) is 7.25. The minimum atomic E-state index is 0.478. The molecule has 0 aliphatic heterocycles. The minimum absolute atomic E-state index is 0.478. The molecule has 3 heteroatoms. The molecule has 0 aliphatic rings. The third kappa shape index (κ3) is 7.51. The molecule has 0 saturated heterocycles. The van der Waals surface area contributed by atoms with Crippen molar-refractivity contribution in [3.8, 4) is 0 Å². The van der Waals surface area contributed by atoms with Crippen molar-refractivity contribution in [1.82, 2.24) is 9.88 Å². The predicted octanol–water partition coefficient (Wildman–Crippen LogP) is 6.01. The van der Waals surface area contributed by atoms with Crippen molar-refractivity contribution in [1.29, 1.82) is 0 Å². The summed E-state index contributed by atoms with van der Waals surface area (Å²) in [5, 5.41) is 1.23. The Labute approximate surface area is 164 Å². The van der Waals surface area contributed by atoms with Gasteiger partial charge in [0.2, 0.25) is 0 Å². The monoisotopic (exact) mass is 370 g/mol. The summed E-state index contributed by atoms with van der Waals surface area (Å²) in [5.74, 6) is 1.64. The van der Waals surface area contributed by atoms with Crippen molar-refractivity contribution in [2.24, 2.45) is 0 Å². The van der Waals surface area contributed by atoms with Crippen molar-refractivity contribution in [3.63, 3.8) is 0 Å². The van der Waals surface area contributed by atoms with Crippen molar-refractivity contribution in [2.45, 2.75) is 56.9 Å². The van der Waals surface area contributed by atoms with Gasteiger partial charge in [0.05, 0.1) is 5.03 Å². The molecule has 0 bridgehead atoms. The fraction of sp³-hybridized carbons (Fsp3) is 0.522. The van der Waals surface area contributed by atoms with E-state index in [4.69, 9.17) is 4.98 Å². The van der Waals surface area contributed by atoms with Crippen LogP contribution >= 0.6 is 11.8 Å². The zero-order valence-electron chi connectivity index (χ0n) is 16.9. The van der Waals surface area contributed by atoms with Crippen LogP contribution in [0.5, 0.6) is 0 Å². The molecule has 26 heavy (non-hydrogen) atoms. The van der Waals surface area contributed by atoms with Gasteiger partial charge in [0.1, 0.15) is 0 Å². The third-order valence-corrected chi connectivity index (χ3v) is 5.65. The molecule has 0 atom stereocenters. The largest absolute Gasteiger partial charge is 0.309 e. The van der Waals surface area contributed by atoms with Crippen LogP contribution in [0.15, 0.2) is 47.5 Å². The van der Waals surface area contributed by atoms with Crippen LogP contribution in [0, 0.1) is 0 Å². The van der Waals surface area contributed by atoms with Gasteiger partial charge in [-0.05, 0) is 62.3 Å². The molecule has 2 rings (SSSR count). The number of hydrogen-bond acceptors (Lipinski definition) is 3. The van der Waals surface area contributed by atoms with Gasteiger partial charge in [-0.3, -0.25) is 0 Å². The van der Waals surface area contributed by atoms with Gasteiger partial charge in [0.25, 0.3) is 0 Å². The molecule has 0 N–H and O–H groups in total. The number of nitrogens with zero attached hydrogens (tertiary/aromatic N) is 2. The second-order valence-corrected chi connectivity index (χ2v) is 8.67. The smallest absolute Gasteiger partial charge is 0.0998 e. The quantitative estimate of drug-likeness (QED) is 0.356. The number of hydrogen-bond donors (Lipinski definition) is 0. The second-order valence-electron chi connectivity index (χ2n) is 7.58. The van der Waals surface area contributed by atoms with E-state index in [0.717, 1.165) is 12.2 Å². The number of pyridine rings is 1. The van der Waals surface area contributed by atoms with E-state index in [9.17, 15) is 0 Å². The maximum absolute atomic E-state index is 4.98. The van der Waals surface area contributed by atoms with Crippen molar-refractivity contribution in [2.75, 3.05) is 26.4 Å². The minimum Gasteiger partial charge on any atom is -0.309 e. The van der Waals surface area contributed by atoms with E-state index >= 15 is 0 Å². The van der Waals surface area contributed by atoms with Crippen molar-refractivity contribution < 1.29 is 0 Å². The lowest BCUT2D eigenvalue weighted by atomic mass is 10.0. The van der Waals surface area contributed by atoms with Crippen LogP contribution in [0.2, 0.25) is 0 Å². The van der Waals surface area contributed by atoms with E-state index in [1.807, 2.05) is 11.8 Å². The lowest BCUT2D eigenvalue weighted by molar-refractivity contribution is 0.391. The molecule has 0 fully saturated rings. The van der Waals surface area contributed by atoms with Gasteiger partial charge in [0, 0.05) is 12.1 Å². The Morgan fingerprint density at radius 3 is 2.35 bits per heavy atom. The lowest BCUT2D eigenvalue weighted by Gasteiger charge is -2.13. The van der Waals surface area contributed by atoms with Crippen LogP contribution < -0.4 is 0 Å². The maximum atomic E-state index is 4.98. The number of aromatic nitrogens is 1. The van der Waals surface area contributed by atoms with E-state index in [0.29, 0.717) is 5.92 Å². The van der Waals surface area contributed by atoms with Crippen LogP contribution in [-0.2, 0) is 6.42 Å². The Morgan fingerprint density at radius 2 is 1.65 bits per heavy atom. The highest BCUT2D eigenvalue weighted by molar-refractivity contribution is 7.99. The standard InChI is InChI=1S/C23H34N2S/c1-19(2)22-15-14-21(18-20-12-8-7-9-13-20)23(24-22)26-17-11-6-5-10-16-25(3)4/h7-9,12-15,19H,5-6,10-11,16-18H2,1-4H3. The SMILES string of the molecule is CC(C)c1ccc(Cc2ccccc2)c(SCCCCCCN(C)C)n1. The molecule has 1 aromatic heterocycles. The van der Waals surface area contributed by atoms with Crippen LogP contribution in [0.1, 0.15) is 62.3 Å². The van der Waals surface area contributed by atoms with Gasteiger partial charge in [-0.15, -0.1) is 11.8 Å². The maximum Gasteiger partial charge on any atom is 0.0998 e. The first-order valence-electron chi connectivity index (χ1n) is 9.87. The number of rotatable bonds is 11. The van der Waals surface area contributed by atoms with E-state index in [2.05, 4.69) is 75.3 Å². The second kappa shape index (κ2) is 11.4. The number of thioether (sulfide) groups is 1. The van der Waals surface area contributed by atoms with Crippen LogP contribution in [0.3, 0.4) is 0 Å². The molecule has 0 radical (unpaired) electrons. The summed E-state index contributed by atoms with van der Waals surface area (Å²) in [5.41, 5.74) is 3.92. The van der Waals surface area contributed by atoms with Crippen LogP contribution in [0.25, 0.3) is 0 Å². The van der Waals surface area contributed by atoms with E-state index in [1.165, 1.54) is 54.1 Å². The van der Waals surface area contributed by atoms with E-state index in [1.54, 1.807) is 0 Å². The highest BCUT2D eigenvalue weighted by atomic mass is 32.2. The molecule has 2 nitrogen and oxygen atoms in total. The van der Waals surface area contributed by atoms with Crippen LogP contribution in [0.4, 0.5) is 0 Å². The molecule has 0 amide bonds. The molecular formula is C23H34N2S. The molecular weight excluding hydrogens is 336 g/mol. The number of benzene rings is 1. The summed E-state index contributed by atoms with van der Waals surface area (Å²) in [6.07, 6.45) is 6.19. The highest BCUT2D eigenvalue weighted by Crippen LogP contribution is 2.26. The first-order chi connectivity index (χ1) is 12.6. The Bertz CT molecular complexity index is 638. The first kappa shape index (κ1) is 21.0. The predicted molar refractivity (Wildman–Crippen MR) is 115 cm³/mol. The molecule has 2 aromatic rings. The van der Waals surface area contributed by atoms with Crippen molar-refractivity contribution in [3.05, 3.63) is 59.3 Å². The van der Waals surface area contributed by atoms with E-state index < -0.39 is 0 Å². The topological polar surface area (TPSA) is 16.1 Å². The average Bonchev–Trinajstić information content (AvgIpc) is 2.62. The molecule has 1 aromatic carbocycles. The molecule has 0 aliphatic carbocycles. The zero-order valence-corrected chi connectivity index (χ0v) is 17.7. The molecule has 0 saturated carbocycles. The molecule has 1 heterocycles. The normalized spacial score (nSPS) is 11.5. The Hall–Kier alpha value is -1.32. The van der Waals surface area contributed by atoms with Gasteiger partial charge < -0.3 is 4.90 Å². The number of unbranched alkanes of at least 4 members (excludes halogenated alkanes) is 3. The third-order valence-electron chi connectivity index (χ3n) is 4.53. The summed E-state index contributed by atoms with van der Waals surface area (Å²) >= 11 is 1.94. The van der Waals surface area contributed by atoms with Gasteiger partial charge >= 0.3 is 0 Å². The Balaban J connectivity index is 1.92. The summed E-state index contributed by atoms with van der Waals surface area (Å²) in [6.45, 7) is 5.64. The molecule has 0 spiro atoms. The first-order valence-corrected chi connectivity index (χ1v) is 10.9. The highest BCUT2D eigenvalue weighted by Gasteiger charge is 2.10. The average molecular weight is 371 g/mol. The fourth-order valence-electron chi connectivity index (χ4n) is 2.93. The van der Waals surface area contributed by atoms with Gasteiger partial charge in [-0.2, -0.15) is 0 Å². The lowest BCUT2D eigenvalue weighted by Crippen LogP contribution is -2.12. The zero-order chi connectivity index (χ0) is 18.8. The molecule has 0 unspecified atom stereocenters. The van der Waals surface area contributed by atoms with E-state index in [-0.39, 0.29) is 0 Å². The summed E-state index contributed by atoms with van der Waals surface area (Å²) in [6, 6.07) is 15.2. The fourth-order valence-corrected chi connectivity index (χ4v) is 3.97.